The molecule has 0 aromatic heterocycles. The number of aliphatic hydroxyl groups excluding tert-OH is 1. The Bertz CT molecular complexity index is 640. The van der Waals surface area contributed by atoms with Crippen LogP contribution in [0.3, 0.4) is 0 Å². The first kappa shape index (κ1) is 14.1. The summed E-state index contributed by atoms with van der Waals surface area (Å²) in [4.78, 5) is 12.3. The summed E-state index contributed by atoms with van der Waals surface area (Å²) in [5, 5.41) is 28.0. The van der Waals surface area contributed by atoms with Crippen LogP contribution in [0.4, 0.5) is 4.39 Å². The summed E-state index contributed by atoms with van der Waals surface area (Å²) in [5.41, 5.74) is -0.922. The molecule has 1 aliphatic rings. The summed E-state index contributed by atoms with van der Waals surface area (Å²) in [5.74, 6) is -0.832. The molecular weight excluding hydrogens is 261 g/mol. The number of halogens is 1. The van der Waals surface area contributed by atoms with Gasteiger partial charge in [0.1, 0.15) is 11.9 Å². The molecule has 2 N–H and O–H groups in total. The average Bonchev–Trinajstić information content (AvgIpc) is 2.47. The van der Waals surface area contributed by atoms with E-state index in [1.54, 1.807) is 6.07 Å². The maximum absolute atomic E-state index is 12.8. The molecule has 5 heteroatoms. The van der Waals surface area contributed by atoms with Gasteiger partial charge < -0.3 is 10.2 Å². The minimum atomic E-state index is -1.70. The number of nitrogens with zero attached hydrogens (tertiary/aromatic N) is 1. The van der Waals surface area contributed by atoms with E-state index in [9.17, 15) is 19.4 Å². The zero-order chi connectivity index (χ0) is 14.8. The van der Waals surface area contributed by atoms with Gasteiger partial charge in [0.2, 0.25) is 0 Å². The highest BCUT2D eigenvalue weighted by molar-refractivity contribution is 6.11. The molecule has 0 radical (unpaired) electrons. The predicted octanol–water partition coefficient (Wildman–Crippen LogP) is 1.51. The van der Waals surface area contributed by atoms with Gasteiger partial charge in [-0.3, -0.25) is 4.79 Å². The van der Waals surface area contributed by atoms with Gasteiger partial charge in [0.25, 0.3) is 0 Å². The second kappa shape index (κ2) is 5.37. The second-order valence-electron chi connectivity index (χ2n) is 4.56. The summed E-state index contributed by atoms with van der Waals surface area (Å²) in [6.45, 7) is -0.434. The van der Waals surface area contributed by atoms with Gasteiger partial charge in [0.15, 0.2) is 11.4 Å². The summed E-state index contributed by atoms with van der Waals surface area (Å²) >= 11 is 0. The molecule has 0 bridgehead atoms. The number of allylic oxidation sites excluding steroid dienone is 2. The lowest BCUT2D eigenvalue weighted by Gasteiger charge is -2.23. The van der Waals surface area contributed by atoms with Crippen molar-refractivity contribution in [2.45, 2.75) is 12.0 Å². The van der Waals surface area contributed by atoms with Gasteiger partial charge >= 0.3 is 0 Å². The summed E-state index contributed by atoms with van der Waals surface area (Å²) in [6, 6.07) is 6.75. The van der Waals surface area contributed by atoms with Crippen molar-refractivity contribution in [3.05, 3.63) is 58.9 Å². The Morgan fingerprint density at radius 3 is 2.60 bits per heavy atom. The number of carbonyl (C=O) groups is 1. The number of hydrogen-bond donors (Lipinski definition) is 2. The van der Waals surface area contributed by atoms with Crippen molar-refractivity contribution in [1.29, 1.82) is 5.26 Å². The van der Waals surface area contributed by atoms with Gasteiger partial charge in [0, 0.05) is 17.6 Å². The van der Waals surface area contributed by atoms with Gasteiger partial charge in [0.05, 0.1) is 6.61 Å². The topological polar surface area (TPSA) is 81.3 Å². The Labute approximate surface area is 115 Å². The Balaban J connectivity index is 2.37. The van der Waals surface area contributed by atoms with Crippen molar-refractivity contribution >= 4 is 5.78 Å². The molecule has 1 atom stereocenters. The first-order valence-corrected chi connectivity index (χ1v) is 5.95. The van der Waals surface area contributed by atoms with Crippen LogP contribution in [0.2, 0.25) is 0 Å². The largest absolute Gasteiger partial charge is 0.392 e. The van der Waals surface area contributed by atoms with E-state index in [0.29, 0.717) is 0 Å². The van der Waals surface area contributed by atoms with Crippen LogP contribution in [-0.4, -0.2) is 28.2 Å². The maximum atomic E-state index is 12.8. The maximum Gasteiger partial charge on any atom is 0.193 e. The molecule has 0 fully saturated rings. The standard InChI is InChI=1S/C15H12FNO3/c16-12-3-1-10(2-4-12)14(19)13-5-6-15(20,9-17)7-11(13)8-18/h1-6,18,20H,7-8H2. The third kappa shape index (κ3) is 2.67. The number of benzene rings is 1. The Kier molecular flexibility index (Phi) is 3.79. The van der Waals surface area contributed by atoms with E-state index < -0.39 is 18.0 Å². The first-order valence-electron chi connectivity index (χ1n) is 5.95. The number of ketones is 1. The number of hydrogen-bond acceptors (Lipinski definition) is 4. The lowest BCUT2D eigenvalue weighted by molar-refractivity contribution is 0.102. The lowest BCUT2D eigenvalue weighted by atomic mass is 9.84. The van der Waals surface area contributed by atoms with Crippen LogP contribution in [0.1, 0.15) is 16.8 Å². The van der Waals surface area contributed by atoms with E-state index in [-0.39, 0.29) is 28.9 Å². The highest BCUT2D eigenvalue weighted by Crippen LogP contribution is 2.28. The van der Waals surface area contributed by atoms with Gasteiger partial charge in [-0.05, 0) is 35.9 Å². The van der Waals surface area contributed by atoms with Crippen molar-refractivity contribution in [3.8, 4) is 6.07 Å². The van der Waals surface area contributed by atoms with E-state index in [0.717, 1.165) is 0 Å². The van der Waals surface area contributed by atoms with Gasteiger partial charge in [-0.25, -0.2) is 4.39 Å². The molecule has 0 saturated heterocycles. The molecule has 102 valence electrons. The minimum Gasteiger partial charge on any atom is -0.392 e. The fourth-order valence-electron chi connectivity index (χ4n) is 2.03. The molecule has 2 rings (SSSR count). The Morgan fingerprint density at radius 1 is 1.40 bits per heavy atom. The minimum absolute atomic E-state index is 0.126. The molecular formula is C15H12FNO3. The number of carbonyl (C=O) groups excluding carboxylic acids is 1. The molecule has 0 amide bonds. The molecule has 1 aromatic rings. The van der Waals surface area contributed by atoms with Gasteiger partial charge in [-0.2, -0.15) is 5.26 Å². The summed E-state index contributed by atoms with van der Waals surface area (Å²) < 4.78 is 12.8. The van der Waals surface area contributed by atoms with E-state index in [1.165, 1.54) is 36.4 Å². The van der Waals surface area contributed by atoms with Crippen molar-refractivity contribution in [2.24, 2.45) is 0 Å². The number of rotatable bonds is 3. The molecule has 4 nitrogen and oxygen atoms in total. The number of nitriles is 1. The molecule has 1 aromatic carbocycles. The third-order valence-electron chi connectivity index (χ3n) is 3.13. The SMILES string of the molecule is N#CC1(O)C=CC(C(=O)c2ccc(F)cc2)=C(CO)C1. The highest BCUT2D eigenvalue weighted by atomic mass is 19.1. The zero-order valence-corrected chi connectivity index (χ0v) is 10.5. The van der Waals surface area contributed by atoms with Crippen LogP contribution < -0.4 is 0 Å². The molecule has 0 heterocycles. The highest BCUT2D eigenvalue weighted by Gasteiger charge is 2.31. The van der Waals surface area contributed by atoms with Crippen LogP contribution in [0.15, 0.2) is 47.6 Å². The molecule has 0 saturated carbocycles. The molecule has 20 heavy (non-hydrogen) atoms. The first-order chi connectivity index (χ1) is 9.49. The van der Waals surface area contributed by atoms with E-state index in [2.05, 4.69) is 0 Å². The van der Waals surface area contributed by atoms with Crippen molar-refractivity contribution in [2.75, 3.05) is 6.61 Å². The molecule has 0 aliphatic heterocycles. The number of aliphatic hydroxyl groups is 2. The van der Waals surface area contributed by atoms with E-state index >= 15 is 0 Å². The fourth-order valence-corrected chi connectivity index (χ4v) is 2.03. The van der Waals surface area contributed by atoms with Gasteiger partial charge in [-0.15, -0.1) is 0 Å². The normalized spacial score (nSPS) is 21.7. The fraction of sp³-hybridized carbons (Fsp3) is 0.200. The zero-order valence-electron chi connectivity index (χ0n) is 10.5. The van der Waals surface area contributed by atoms with E-state index in [4.69, 9.17) is 5.26 Å². The molecule has 1 aliphatic carbocycles. The van der Waals surface area contributed by atoms with E-state index in [1.807, 2.05) is 0 Å². The van der Waals surface area contributed by atoms with Crippen molar-refractivity contribution in [3.63, 3.8) is 0 Å². The molecule has 1 unspecified atom stereocenters. The van der Waals surface area contributed by atoms with Gasteiger partial charge in [-0.1, -0.05) is 6.08 Å². The lowest BCUT2D eigenvalue weighted by Crippen LogP contribution is -2.29. The smallest absolute Gasteiger partial charge is 0.193 e. The average molecular weight is 273 g/mol. The summed E-state index contributed by atoms with van der Waals surface area (Å²) in [7, 11) is 0. The predicted molar refractivity (Wildman–Crippen MR) is 69.2 cm³/mol. The van der Waals surface area contributed by atoms with Crippen LogP contribution in [0.25, 0.3) is 0 Å². The summed E-state index contributed by atoms with van der Waals surface area (Å²) in [6.07, 6.45) is 2.42. The Hall–Kier alpha value is -2.29. The van der Waals surface area contributed by atoms with Crippen molar-refractivity contribution < 1.29 is 19.4 Å². The van der Waals surface area contributed by atoms with Crippen LogP contribution in [-0.2, 0) is 0 Å². The van der Waals surface area contributed by atoms with Crippen LogP contribution >= 0.6 is 0 Å². The third-order valence-corrected chi connectivity index (χ3v) is 3.13. The second-order valence-corrected chi connectivity index (χ2v) is 4.56. The quantitative estimate of drug-likeness (QED) is 0.646. The van der Waals surface area contributed by atoms with Crippen molar-refractivity contribution in [1.82, 2.24) is 0 Å². The molecule has 0 spiro atoms. The monoisotopic (exact) mass is 273 g/mol. The number of Topliss-reactive ketones (excluding diaryl/α,β-unsaturated/α-hetero) is 1. The van der Waals surface area contributed by atoms with Crippen LogP contribution in [0.5, 0.6) is 0 Å². The Morgan fingerprint density at radius 2 is 2.05 bits per heavy atom. The van der Waals surface area contributed by atoms with Crippen LogP contribution in [0, 0.1) is 17.1 Å².